The molecular formula is C10H16N2O3. The Labute approximate surface area is 89.0 Å². The zero-order valence-corrected chi connectivity index (χ0v) is 8.69. The van der Waals surface area contributed by atoms with Crippen LogP contribution in [0.15, 0.2) is 12.7 Å². The molecule has 1 rings (SSSR count). The van der Waals surface area contributed by atoms with E-state index < -0.39 is 5.97 Å². The van der Waals surface area contributed by atoms with Gasteiger partial charge in [-0.25, -0.2) is 4.79 Å². The first kappa shape index (κ1) is 11.6. The Morgan fingerprint density at radius 3 is 2.47 bits per heavy atom. The van der Waals surface area contributed by atoms with Crippen LogP contribution in [0.4, 0.5) is 4.79 Å². The third kappa shape index (κ3) is 3.27. The van der Waals surface area contributed by atoms with Crippen molar-refractivity contribution in [2.24, 2.45) is 0 Å². The van der Waals surface area contributed by atoms with Crippen LogP contribution in [0.25, 0.3) is 0 Å². The molecule has 1 fully saturated rings. The van der Waals surface area contributed by atoms with Gasteiger partial charge in [0.1, 0.15) is 6.54 Å². The third-order valence-electron chi connectivity index (χ3n) is 2.32. The summed E-state index contributed by atoms with van der Waals surface area (Å²) in [6.07, 6.45) is 3.54. The average Bonchev–Trinajstić information content (AvgIpc) is 2.68. The Kier molecular flexibility index (Phi) is 4.15. The minimum atomic E-state index is -0.996. The Morgan fingerprint density at radius 2 is 2.00 bits per heavy atom. The van der Waals surface area contributed by atoms with Crippen LogP contribution >= 0.6 is 0 Å². The SMILES string of the molecule is C=CCN(CC(=O)O)C(=O)N1CCCC1. The lowest BCUT2D eigenvalue weighted by atomic mass is 10.4. The first-order chi connectivity index (χ1) is 7.15. The predicted molar refractivity (Wildman–Crippen MR) is 55.6 cm³/mol. The van der Waals surface area contributed by atoms with Gasteiger partial charge in [0.05, 0.1) is 0 Å². The number of aliphatic carboxylic acids is 1. The maximum absolute atomic E-state index is 11.8. The van der Waals surface area contributed by atoms with E-state index in [4.69, 9.17) is 5.11 Å². The van der Waals surface area contributed by atoms with Gasteiger partial charge >= 0.3 is 12.0 Å². The monoisotopic (exact) mass is 212 g/mol. The first-order valence-corrected chi connectivity index (χ1v) is 5.01. The number of hydrogen-bond donors (Lipinski definition) is 1. The summed E-state index contributed by atoms with van der Waals surface area (Å²) in [7, 11) is 0. The zero-order valence-electron chi connectivity index (χ0n) is 8.69. The summed E-state index contributed by atoms with van der Waals surface area (Å²) in [5.41, 5.74) is 0. The van der Waals surface area contributed by atoms with E-state index in [0.29, 0.717) is 0 Å². The molecule has 1 saturated heterocycles. The van der Waals surface area contributed by atoms with Crippen LogP contribution in [0.5, 0.6) is 0 Å². The minimum absolute atomic E-state index is 0.199. The van der Waals surface area contributed by atoms with E-state index in [1.807, 2.05) is 0 Å². The number of rotatable bonds is 4. The molecule has 5 heteroatoms. The number of carbonyl (C=O) groups excluding carboxylic acids is 1. The van der Waals surface area contributed by atoms with E-state index in [0.717, 1.165) is 25.9 Å². The second-order valence-corrected chi connectivity index (χ2v) is 3.54. The molecule has 0 aromatic carbocycles. The van der Waals surface area contributed by atoms with Gasteiger partial charge in [0, 0.05) is 19.6 Å². The van der Waals surface area contributed by atoms with Crippen molar-refractivity contribution in [3.05, 3.63) is 12.7 Å². The van der Waals surface area contributed by atoms with Crippen LogP contribution in [0.1, 0.15) is 12.8 Å². The number of urea groups is 1. The molecule has 0 aromatic rings. The van der Waals surface area contributed by atoms with Crippen LogP contribution < -0.4 is 0 Å². The van der Waals surface area contributed by atoms with Crippen molar-refractivity contribution in [3.63, 3.8) is 0 Å². The topological polar surface area (TPSA) is 60.9 Å². The standard InChI is InChI=1S/C10H16N2O3/c1-2-5-12(8-9(13)14)10(15)11-6-3-4-7-11/h2H,1,3-8H2,(H,13,14). The number of amides is 2. The molecule has 1 aliphatic rings. The van der Waals surface area contributed by atoms with Crippen LogP contribution in [0, 0.1) is 0 Å². The Bertz CT molecular complexity index is 259. The van der Waals surface area contributed by atoms with E-state index in [9.17, 15) is 9.59 Å². The molecule has 0 atom stereocenters. The molecule has 0 radical (unpaired) electrons. The van der Waals surface area contributed by atoms with Crippen LogP contribution in [-0.4, -0.2) is 53.1 Å². The fraction of sp³-hybridized carbons (Fsp3) is 0.600. The molecular weight excluding hydrogens is 196 g/mol. The van der Waals surface area contributed by atoms with E-state index >= 15 is 0 Å². The highest BCUT2D eigenvalue weighted by molar-refractivity contribution is 5.80. The van der Waals surface area contributed by atoms with Gasteiger partial charge in [0.25, 0.3) is 0 Å². The molecule has 0 spiro atoms. The highest BCUT2D eigenvalue weighted by Gasteiger charge is 2.24. The van der Waals surface area contributed by atoms with Crippen molar-refractivity contribution in [1.82, 2.24) is 9.80 Å². The van der Waals surface area contributed by atoms with Gasteiger partial charge in [-0.3, -0.25) is 4.79 Å². The highest BCUT2D eigenvalue weighted by atomic mass is 16.4. The van der Waals surface area contributed by atoms with Gasteiger partial charge in [-0.05, 0) is 12.8 Å². The lowest BCUT2D eigenvalue weighted by molar-refractivity contribution is -0.137. The maximum atomic E-state index is 11.8. The first-order valence-electron chi connectivity index (χ1n) is 5.01. The van der Waals surface area contributed by atoms with E-state index in [-0.39, 0.29) is 19.1 Å². The molecule has 1 heterocycles. The number of carboxylic acids is 1. The van der Waals surface area contributed by atoms with Gasteiger partial charge in [0.2, 0.25) is 0 Å². The molecule has 5 nitrogen and oxygen atoms in total. The summed E-state index contributed by atoms with van der Waals surface area (Å²) in [5, 5.41) is 8.66. The fourth-order valence-electron chi connectivity index (χ4n) is 1.64. The Morgan fingerprint density at radius 1 is 1.40 bits per heavy atom. The summed E-state index contributed by atoms with van der Waals surface area (Å²) in [5.74, 6) is -0.996. The van der Waals surface area contributed by atoms with Crippen LogP contribution in [0.3, 0.4) is 0 Å². The van der Waals surface area contributed by atoms with Crippen molar-refractivity contribution in [2.45, 2.75) is 12.8 Å². The molecule has 2 amide bonds. The lowest BCUT2D eigenvalue weighted by Crippen LogP contribution is -2.44. The number of carbonyl (C=O) groups is 2. The summed E-state index contributed by atoms with van der Waals surface area (Å²) >= 11 is 0. The normalized spacial score (nSPS) is 15.1. The number of nitrogens with zero attached hydrogens (tertiary/aromatic N) is 2. The largest absolute Gasteiger partial charge is 0.480 e. The van der Waals surface area contributed by atoms with Crippen LogP contribution in [-0.2, 0) is 4.79 Å². The van der Waals surface area contributed by atoms with Gasteiger partial charge in [-0.2, -0.15) is 0 Å². The van der Waals surface area contributed by atoms with Crippen molar-refractivity contribution >= 4 is 12.0 Å². The van der Waals surface area contributed by atoms with Crippen LogP contribution in [0.2, 0.25) is 0 Å². The number of carboxylic acid groups (broad SMARTS) is 1. The second kappa shape index (κ2) is 5.38. The Hall–Kier alpha value is -1.52. The van der Waals surface area contributed by atoms with Crippen molar-refractivity contribution < 1.29 is 14.7 Å². The maximum Gasteiger partial charge on any atom is 0.323 e. The molecule has 0 bridgehead atoms. The lowest BCUT2D eigenvalue weighted by Gasteiger charge is -2.25. The van der Waals surface area contributed by atoms with Crippen molar-refractivity contribution in [1.29, 1.82) is 0 Å². The predicted octanol–water partition coefficient (Wildman–Crippen LogP) is 0.775. The summed E-state index contributed by atoms with van der Waals surface area (Å²) in [4.78, 5) is 25.3. The smallest absolute Gasteiger partial charge is 0.323 e. The van der Waals surface area contributed by atoms with E-state index in [2.05, 4.69) is 6.58 Å². The molecule has 1 N–H and O–H groups in total. The molecule has 0 unspecified atom stereocenters. The van der Waals surface area contributed by atoms with Gasteiger partial charge in [-0.15, -0.1) is 6.58 Å². The molecule has 1 aliphatic heterocycles. The van der Waals surface area contributed by atoms with Crippen molar-refractivity contribution in [3.8, 4) is 0 Å². The minimum Gasteiger partial charge on any atom is -0.480 e. The van der Waals surface area contributed by atoms with Gasteiger partial charge in [0.15, 0.2) is 0 Å². The van der Waals surface area contributed by atoms with Crippen molar-refractivity contribution in [2.75, 3.05) is 26.2 Å². The molecule has 15 heavy (non-hydrogen) atoms. The fourth-order valence-corrected chi connectivity index (χ4v) is 1.64. The number of hydrogen-bond acceptors (Lipinski definition) is 2. The third-order valence-corrected chi connectivity index (χ3v) is 2.32. The summed E-state index contributed by atoms with van der Waals surface area (Å²) in [6, 6.07) is -0.199. The number of likely N-dealkylation sites (tertiary alicyclic amines) is 1. The second-order valence-electron chi connectivity index (χ2n) is 3.54. The molecule has 0 aliphatic carbocycles. The summed E-state index contributed by atoms with van der Waals surface area (Å²) < 4.78 is 0. The Balaban J connectivity index is 2.56. The zero-order chi connectivity index (χ0) is 11.3. The highest BCUT2D eigenvalue weighted by Crippen LogP contribution is 2.10. The quantitative estimate of drug-likeness (QED) is 0.700. The molecule has 0 aromatic heterocycles. The van der Waals surface area contributed by atoms with Gasteiger partial charge in [-0.1, -0.05) is 6.08 Å². The van der Waals surface area contributed by atoms with Gasteiger partial charge < -0.3 is 14.9 Å². The van der Waals surface area contributed by atoms with E-state index in [1.54, 1.807) is 4.90 Å². The molecule has 84 valence electrons. The molecule has 0 saturated carbocycles. The van der Waals surface area contributed by atoms with E-state index in [1.165, 1.54) is 11.0 Å². The summed E-state index contributed by atoms with van der Waals surface area (Å²) in [6.45, 7) is 4.98. The average molecular weight is 212 g/mol.